The largest absolute Gasteiger partial charge is 0.396 e. The second-order valence-corrected chi connectivity index (χ2v) is 6.56. The Morgan fingerprint density at radius 2 is 1.53 bits per heavy atom. The third kappa shape index (κ3) is 14.5. The summed E-state index contributed by atoms with van der Waals surface area (Å²) in [7, 11) is 0. The first kappa shape index (κ1) is 19.3. The SMILES string of the molecule is CCCCCC(CCCCC)NCCSCCCO. The van der Waals surface area contributed by atoms with Gasteiger partial charge in [-0.3, -0.25) is 0 Å². The Hall–Kier alpha value is 0.270. The van der Waals surface area contributed by atoms with Gasteiger partial charge in [-0.15, -0.1) is 0 Å². The third-order valence-electron chi connectivity index (χ3n) is 3.44. The first-order valence-electron chi connectivity index (χ1n) is 8.27. The Kier molecular flexibility index (Phi) is 16.6. The molecule has 0 aliphatic carbocycles. The molecule has 0 bridgehead atoms. The van der Waals surface area contributed by atoms with Crippen LogP contribution >= 0.6 is 11.8 Å². The molecule has 0 saturated heterocycles. The van der Waals surface area contributed by atoms with Gasteiger partial charge >= 0.3 is 0 Å². The molecular formula is C16H35NOS. The standard InChI is InChI=1S/C16H35NOS/c1-3-5-7-10-16(11-8-6-4-2)17-12-15-19-14-9-13-18/h16-18H,3-15H2,1-2H3. The van der Waals surface area contributed by atoms with Crippen molar-refractivity contribution in [1.82, 2.24) is 5.32 Å². The van der Waals surface area contributed by atoms with Crippen molar-refractivity contribution >= 4 is 11.8 Å². The van der Waals surface area contributed by atoms with Gasteiger partial charge in [-0.2, -0.15) is 11.8 Å². The highest BCUT2D eigenvalue weighted by molar-refractivity contribution is 7.99. The van der Waals surface area contributed by atoms with Gasteiger partial charge in [0.1, 0.15) is 0 Å². The maximum Gasteiger partial charge on any atom is 0.0438 e. The molecule has 3 heteroatoms. The van der Waals surface area contributed by atoms with Gasteiger partial charge in [0, 0.05) is 24.9 Å². The minimum absolute atomic E-state index is 0.330. The minimum Gasteiger partial charge on any atom is -0.396 e. The zero-order valence-electron chi connectivity index (χ0n) is 13.1. The highest BCUT2D eigenvalue weighted by Gasteiger charge is 2.07. The fourth-order valence-corrected chi connectivity index (χ4v) is 3.03. The quantitative estimate of drug-likeness (QED) is 0.443. The van der Waals surface area contributed by atoms with Crippen LogP contribution in [0, 0.1) is 0 Å². The van der Waals surface area contributed by atoms with Crippen LogP contribution in [0.2, 0.25) is 0 Å². The van der Waals surface area contributed by atoms with Gasteiger partial charge in [-0.1, -0.05) is 52.4 Å². The van der Waals surface area contributed by atoms with Crippen molar-refractivity contribution in [2.45, 2.75) is 77.7 Å². The third-order valence-corrected chi connectivity index (χ3v) is 4.51. The van der Waals surface area contributed by atoms with E-state index in [2.05, 4.69) is 19.2 Å². The first-order chi connectivity index (χ1) is 9.35. The molecule has 2 N–H and O–H groups in total. The molecule has 0 aromatic rings. The molecule has 0 aromatic heterocycles. The van der Waals surface area contributed by atoms with E-state index in [-0.39, 0.29) is 0 Å². The van der Waals surface area contributed by atoms with Gasteiger partial charge in [0.2, 0.25) is 0 Å². The zero-order chi connectivity index (χ0) is 14.2. The van der Waals surface area contributed by atoms with E-state index in [0.717, 1.165) is 24.8 Å². The van der Waals surface area contributed by atoms with Crippen molar-refractivity contribution in [3.05, 3.63) is 0 Å². The van der Waals surface area contributed by atoms with E-state index in [1.54, 1.807) is 0 Å². The topological polar surface area (TPSA) is 32.3 Å². The fraction of sp³-hybridized carbons (Fsp3) is 1.00. The van der Waals surface area contributed by atoms with Crippen LogP contribution in [0.3, 0.4) is 0 Å². The molecule has 0 atom stereocenters. The molecular weight excluding hydrogens is 254 g/mol. The van der Waals surface area contributed by atoms with Crippen LogP contribution < -0.4 is 5.32 Å². The number of hydrogen-bond acceptors (Lipinski definition) is 3. The smallest absolute Gasteiger partial charge is 0.0438 e. The van der Waals surface area contributed by atoms with Crippen LogP contribution in [-0.2, 0) is 0 Å². The maximum atomic E-state index is 8.72. The van der Waals surface area contributed by atoms with Crippen molar-refractivity contribution in [3.63, 3.8) is 0 Å². The summed E-state index contributed by atoms with van der Waals surface area (Å²) in [6, 6.07) is 0.733. The van der Waals surface area contributed by atoms with Gasteiger partial charge in [-0.05, 0) is 25.0 Å². The average molecular weight is 290 g/mol. The van der Waals surface area contributed by atoms with Crippen LogP contribution in [0.1, 0.15) is 71.6 Å². The minimum atomic E-state index is 0.330. The molecule has 0 fully saturated rings. The summed E-state index contributed by atoms with van der Waals surface area (Å²) < 4.78 is 0. The van der Waals surface area contributed by atoms with Gasteiger partial charge in [0.25, 0.3) is 0 Å². The van der Waals surface area contributed by atoms with Crippen LogP contribution in [0.5, 0.6) is 0 Å². The van der Waals surface area contributed by atoms with E-state index in [4.69, 9.17) is 5.11 Å². The normalized spacial score (nSPS) is 11.4. The number of hydrogen-bond donors (Lipinski definition) is 2. The molecule has 0 saturated carbocycles. The summed E-state index contributed by atoms with van der Waals surface area (Å²) in [6.45, 7) is 6.00. The second kappa shape index (κ2) is 16.3. The van der Waals surface area contributed by atoms with Crippen LogP contribution in [-0.4, -0.2) is 35.8 Å². The molecule has 0 rings (SSSR count). The number of aliphatic hydroxyl groups is 1. The lowest BCUT2D eigenvalue weighted by molar-refractivity contribution is 0.296. The van der Waals surface area contributed by atoms with E-state index < -0.39 is 0 Å². The predicted molar refractivity (Wildman–Crippen MR) is 89.1 cm³/mol. The molecule has 2 nitrogen and oxygen atoms in total. The number of unbranched alkanes of at least 4 members (excludes halogenated alkanes) is 4. The zero-order valence-corrected chi connectivity index (χ0v) is 13.9. The Balaban J connectivity index is 3.58. The Morgan fingerprint density at radius 3 is 2.05 bits per heavy atom. The maximum absolute atomic E-state index is 8.72. The Morgan fingerprint density at radius 1 is 0.895 bits per heavy atom. The molecule has 0 radical (unpaired) electrons. The van der Waals surface area contributed by atoms with E-state index in [9.17, 15) is 0 Å². The number of rotatable bonds is 15. The van der Waals surface area contributed by atoms with Gasteiger partial charge in [-0.25, -0.2) is 0 Å². The summed E-state index contributed by atoms with van der Waals surface area (Å²) in [5.74, 6) is 2.27. The first-order valence-corrected chi connectivity index (χ1v) is 9.42. The Labute approximate surface area is 125 Å². The lowest BCUT2D eigenvalue weighted by atomic mass is 10.0. The lowest BCUT2D eigenvalue weighted by Gasteiger charge is -2.18. The van der Waals surface area contributed by atoms with Crippen molar-refractivity contribution in [3.8, 4) is 0 Å². The van der Waals surface area contributed by atoms with Crippen LogP contribution in [0.4, 0.5) is 0 Å². The number of thioether (sulfide) groups is 1. The highest BCUT2D eigenvalue weighted by atomic mass is 32.2. The monoisotopic (exact) mass is 289 g/mol. The van der Waals surface area contributed by atoms with E-state index in [0.29, 0.717) is 6.61 Å². The van der Waals surface area contributed by atoms with E-state index in [1.165, 1.54) is 57.1 Å². The number of aliphatic hydroxyl groups excluding tert-OH is 1. The average Bonchev–Trinajstić information content (AvgIpc) is 2.42. The summed E-state index contributed by atoms with van der Waals surface area (Å²) in [5.41, 5.74) is 0. The van der Waals surface area contributed by atoms with Gasteiger partial charge < -0.3 is 10.4 Å². The van der Waals surface area contributed by atoms with Crippen molar-refractivity contribution in [1.29, 1.82) is 0 Å². The van der Waals surface area contributed by atoms with Crippen LogP contribution in [0.15, 0.2) is 0 Å². The number of nitrogens with one attached hydrogen (secondary N) is 1. The van der Waals surface area contributed by atoms with Gasteiger partial charge in [0.15, 0.2) is 0 Å². The summed E-state index contributed by atoms with van der Waals surface area (Å²) in [6.07, 6.45) is 11.8. The predicted octanol–water partition coefficient (Wildman–Crippen LogP) is 4.22. The highest BCUT2D eigenvalue weighted by Crippen LogP contribution is 2.11. The van der Waals surface area contributed by atoms with E-state index >= 15 is 0 Å². The molecule has 0 aromatic carbocycles. The fourth-order valence-electron chi connectivity index (χ4n) is 2.23. The van der Waals surface area contributed by atoms with E-state index in [1.807, 2.05) is 11.8 Å². The molecule has 0 heterocycles. The molecule has 0 aliphatic heterocycles. The lowest BCUT2D eigenvalue weighted by Crippen LogP contribution is -2.31. The summed E-state index contributed by atoms with van der Waals surface area (Å²) in [5, 5.41) is 12.5. The van der Waals surface area contributed by atoms with Crippen molar-refractivity contribution < 1.29 is 5.11 Å². The summed E-state index contributed by atoms with van der Waals surface area (Å²) >= 11 is 1.95. The van der Waals surface area contributed by atoms with Crippen molar-refractivity contribution in [2.24, 2.45) is 0 Å². The van der Waals surface area contributed by atoms with Gasteiger partial charge in [0.05, 0.1) is 0 Å². The second-order valence-electron chi connectivity index (χ2n) is 5.33. The molecule has 0 amide bonds. The molecule has 0 aliphatic rings. The Bertz CT molecular complexity index is 157. The summed E-state index contributed by atoms with van der Waals surface area (Å²) in [4.78, 5) is 0. The molecule has 0 unspecified atom stereocenters. The van der Waals surface area contributed by atoms with Crippen LogP contribution in [0.25, 0.3) is 0 Å². The van der Waals surface area contributed by atoms with Crippen molar-refractivity contribution in [2.75, 3.05) is 24.7 Å². The molecule has 116 valence electrons. The molecule has 19 heavy (non-hydrogen) atoms. The molecule has 0 spiro atoms.